The third kappa shape index (κ3) is 5.29. The first-order chi connectivity index (χ1) is 17.3. The molecule has 1 saturated heterocycles. The Hall–Kier alpha value is -3.23. The van der Waals surface area contributed by atoms with Crippen molar-refractivity contribution in [3.8, 4) is 6.07 Å². The summed E-state index contributed by atoms with van der Waals surface area (Å²) < 4.78 is 39.5. The Bertz CT molecular complexity index is 1280. The van der Waals surface area contributed by atoms with Crippen LogP contribution in [0.3, 0.4) is 0 Å². The summed E-state index contributed by atoms with van der Waals surface area (Å²) in [6.45, 7) is 1.48. The number of nitrogens with one attached hydrogen (secondary N) is 2. The van der Waals surface area contributed by atoms with Crippen LogP contribution >= 0.6 is 11.3 Å². The van der Waals surface area contributed by atoms with Crippen molar-refractivity contribution in [2.75, 3.05) is 25.0 Å². The van der Waals surface area contributed by atoms with E-state index in [1.165, 1.54) is 17.0 Å². The van der Waals surface area contributed by atoms with Gasteiger partial charge in [0.25, 0.3) is 0 Å². The lowest BCUT2D eigenvalue weighted by atomic mass is 9.83. The number of amides is 1. The fourth-order valence-corrected chi connectivity index (χ4v) is 5.91. The Morgan fingerprint density at radius 3 is 2.64 bits per heavy atom. The zero-order chi connectivity index (χ0) is 25.3. The first kappa shape index (κ1) is 24.5. The average Bonchev–Trinajstić information content (AvgIpc) is 3.38. The Balaban J connectivity index is 1.13. The van der Waals surface area contributed by atoms with E-state index in [0.717, 1.165) is 50.9 Å². The van der Waals surface area contributed by atoms with E-state index in [0.29, 0.717) is 12.0 Å². The van der Waals surface area contributed by atoms with E-state index in [9.17, 15) is 23.2 Å². The zero-order valence-corrected chi connectivity index (χ0v) is 20.2. The summed E-state index contributed by atoms with van der Waals surface area (Å²) in [5.41, 5.74) is 1.66. The minimum atomic E-state index is -4.51. The van der Waals surface area contributed by atoms with Gasteiger partial charge in [0.15, 0.2) is 0 Å². The molecule has 0 bridgehead atoms. The van der Waals surface area contributed by atoms with Crippen molar-refractivity contribution in [2.24, 2.45) is 0 Å². The number of fused-ring (bicyclic) bond motifs is 1. The van der Waals surface area contributed by atoms with E-state index in [2.05, 4.69) is 25.5 Å². The van der Waals surface area contributed by atoms with Crippen LogP contribution in [0.25, 0.3) is 10.9 Å². The van der Waals surface area contributed by atoms with E-state index < -0.39 is 11.7 Å². The second-order valence-corrected chi connectivity index (χ2v) is 10.3. The lowest BCUT2D eigenvalue weighted by molar-refractivity contribution is -0.137. The summed E-state index contributed by atoms with van der Waals surface area (Å²) in [6, 6.07) is 7.01. The molecule has 1 aromatic carbocycles. The quantitative estimate of drug-likeness (QED) is 0.503. The van der Waals surface area contributed by atoms with Gasteiger partial charge in [-0.1, -0.05) is 0 Å². The summed E-state index contributed by atoms with van der Waals surface area (Å²) in [5.74, 6) is 0.360. The molecule has 1 amide bonds. The van der Waals surface area contributed by atoms with Crippen LogP contribution in [0.15, 0.2) is 36.0 Å². The number of pyridine rings is 1. The number of hydrogen-bond acceptors (Lipinski definition) is 7. The Morgan fingerprint density at radius 2 is 1.97 bits per heavy atom. The monoisotopic (exact) mass is 514 g/mol. The lowest BCUT2D eigenvalue weighted by Gasteiger charge is -2.46. The third-order valence-corrected chi connectivity index (χ3v) is 7.97. The highest BCUT2D eigenvalue weighted by Gasteiger charge is 2.35. The Kier molecular flexibility index (Phi) is 6.81. The molecule has 3 heterocycles. The molecule has 2 aromatic heterocycles. The summed E-state index contributed by atoms with van der Waals surface area (Å²) in [5, 5.41) is 15.3. The maximum atomic E-state index is 13.2. The standard InChI is InChI=1S/C25H25F3N6OS/c26-25(27,28)16-3-6-21-20(7-16)22(8-17(9-29)32-21)31-11-24(35)33-18-12-34(13-18)19-4-1-15(2-5-19)23-10-30-14-36-23/h3,6-8,10,14-15,18-19H,1-2,4-5,11-13H2,(H,31,32)(H,33,35). The van der Waals surface area contributed by atoms with Gasteiger partial charge in [0.2, 0.25) is 5.91 Å². The second-order valence-electron chi connectivity index (χ2n) is 9.38. The number of anilines is 1. The van der Waals surface area contributed by atoms with Crippen molar-refractivity contribution in [2.45, 2.75) is 49.9 Å². The fraction of sp³-hybridized carbons (Fsp3) is 0.440. The number of carbonyl (C=O) groups excluding carboxylic acids is 1. The van der Waals surface area contributed by atoms with Crippen molar-refractivity contribution in [1.82, 2.24) is 20.2 Å². The fourth-order valence-electron chi connectivity index (χ4n) is 5.11. The highest BCUT2D eigenvalue weighted by molar-refractivity contribution is 7.09. The first-order valence-corrected chi connectivity index (χ1v) is 12.8. The zero-order valence-electron chi connectivity index (χ0n) is 19.4. The van der Waals surface area contributed by atoms with Crippen LogP contribution in [0, 0.1) is 11.3 Å². The summed E-state index contributed by atoms with van der Waals surface area (Å²) >= 11 is 1.73. The molecule has 0 atom stereocenters. The number of benzene rings is 1. The minimum Gasteiger partial charge on any atom is -0.376 e. The maximum Gasteiger partial charge on any atom is 0.416 e. The molecule has 2 fully saturated rings. The van der Waals surface area contributed by atoms with Crippen molar-refractivity contribution >= 4 is 33.8 Å². The number of alkyl halides is 3. The van der Waals surface area contributed by atoms with Crippen molar-refractivity contribution in [3.05, 3.63) is 52.1 Å². The third-order valence-electron chi connectivity index (χ3n) is 7.03. The van der Waals surface area contributed by atoms with Crippen LogP contribution in [-0.4, -0.2) is 52.5 Å². The van der Waals surface area contributed by atoms with Gasteiger partial charge in [0.05, 0.1) is 29.2 Å². The molecule has 3 aromatic rings. The number of halogens is 3. The topological polar surface area (TPSA) is 93.9 Å². The van der Waals surface area contributed by atoms with Gasteiger partial charge in [-0.15, -0.1) is 11.3 Å². The number of rotatable bonds is 6. The van der Waals surface area contributed by atoms with Gasteiger partial charge in [-0.3, -0.25) is 14.7 Å². The normalized spacial score (nSPS) is 21.1. The highest BCUT2D eigenvalue weighted by Crippen LogP contribution is 2.37. The van der Waals surface area contributed by atoms with Crippen molar-refractivity contribution < 1.29 is 18.0 Å². The summed E-state index contributed by atoms with van der Waals surface area (Å²) in [6.07, 6.45) is 2.06. The molecule has 0 unspecified atom stereocenters. The predicted molar refractivity (Wildman–Crippen MR) is 131 cm³/mol. The minimum absolute atomic E-state index is 0.0548. The maximum absolute atomic E-state index is 13.2. The smallest absolute Gasteiger partial charge is 0.376 e. The molecular formula is C25H25F3N6OS. The number of nitrogens with zero attached hydrogens (tertiary/aromatic N) is 4. The molecule has 1 aliphatic carbocycles. The van der Waals surface area contributed by atoms with Crippen LogP contribution < -0.4 is 10.6 Å². The highest BCUT2D eigenvalue weighted by atomic mass is 32.1. The summed E-state index contributed by atoms with van der Waals surface area (Å²) in [4.78, 5) is 24.6. The number of likely N-dealkylation sites (tertiary alicyclic amines) is 1. The molecule has 1 aliphatic heterocycles. The molecule has 1 saturated carbocycles. The van der Waals surface area contributed by atoms with Gasteiger partial charge in [-0.25, -0.2) is 4.98 Å². The van der Waals surface area contributed by atoms with Crippen LogP contribution in [0.5, 0.6) is 0 Å². The van der Waals surface area contributed by atoms with E-state index in [4.69, 9.17) is 0 Å². The van der Waals surface area contributed by atoms with E-state index in [1.807, 2.05) is 17.8 Å². The Morgan fingerprint density at radius 1 is 1.19 bits per heavy atom. The van der Waals surface area contributed by atoms with E-state index >= 15 is 0 Å². The number of hydrogen-bond donors (Lipinski definition) is 2. The van der Waals surface area contributed by atoms with E-state index in [1.54, 1.807) is 11.3 Å². The molecule has 11 heteroatoms. The number of aromatic nitrogens is 2. The molecule has 36 heavy (non-hydrogen) atoms. The van der Waals surface area contributed by atoms with Gasteiger partial charge in [-0.05, 0) is 55.9 Å². The number of nitriles is 1. The number of thiazole rings is 1. The second kappa shape index (κ2) is 10.0. The molecule has 5 rings (SSSR count). The van der Waals surface area contributed by atoms with Gasteiger partial charge in [0.1, 0.15) is 11.8 Å². The molecule has 7 nitrogen and oxygen atoms in total. The van der Waals surface area contributed by atoms with Crippen LogP contribution in [-0.2, 0) is 11.0 Å². The molecule has 2 N–H and O–H groups in total. The number of carbonyl (C=O) groups is 1. The average molecular weight is 515 g/mol. The molecule has 188 valence electrons. The van der Waals surface area contributed by atoms with Gasteiger partial charge in [0, 0.05) is 41.3 Å². The molecule has 2 aliphatic rings. The van der Waals surface area contributed by atoms with E-state index in [-0.39, 0.29) is 40.8 Å². The molecule has 0 radical (unpaired) electrons. The van der Waals surface area contributed by atoms with Gasteiger partial charge < -0.3 is 10.6 Å². The van der Waals surface area contributed by atoms with Gasteiger partial charge in [-0.2, -0.15) is 18.4 Å². The Labute approximate surface area is 210 Å². The summed E-state index contributed by atoms with van der Waals surface area (Å²) in [7, 11) is 0. The lowest BCUT2D eigenvalue weighted by Crippen LogP contribution is -2.62. The van der Waals surface area contributed by atoms with Crippen LogP contribution in [0.1, 0.15) is 47.7 Å². The van der Waals surface area contributed by atoms with Crippen LogP contribution in [0.4, 0.5) is 18.9 Å². The van der Waals surface area contributed by atoms with Crippen LogP contribution in [0.2, 0.25) is 0 Å². The van der Waals surface area contributed by atoms with Gasteiger partial charge >= 0.3 is 6.18 Å². The molecule has 0 spiro atoms. The predicted octanol–water partition coefficient (Wildman–Crippen LogP) is 4.52. The largest absolute Gasteiger partial charge is 0.416 e. The first-order valence-electron chi connectivity index (χ1n) is 11.9. The van der Waals surface area contributed by atoms with Crippen molar-refractivity contribution in [3.63, 3.8) is 0 Å². The van der Waals surface area contributed by atoms with Crippen molar-refractivity contribution in [1.29, 1.82) is 5.26 Å². The SMILES string of the molecule is N#Cc1cc(NCC(=O)NC2CN(C3CCC(c4cncs4)CC3)C2)c2cc(C(F)(F)F)ccc2n1. The molecular weight excluding hydrogens is 489 g/mol.